The summed E-state index contributed by atoms with van der Waals surface area (Å²) in [7, 11) is 0. The highest BCUT2D eigenvalue weighted by molar-refractivity contribution is 9.10. The van der Waals surface area contributed by atoms with Crippen LogP contribution >= 0.6 is 31.9 Å². The topological polar surface area (TPSA) is 26.0 Å². The normalized spacial score (nSPS) is 14.5. The minimum Gasteiger partial charge on any atom is -0.319 e. The molecule has 0 aliphatic heterocycles. The Morgan fingerprint density at radius 3 is 2.17 bits per heavy atom. The molecule has 0 aromatic heterocycles. The minimum atomic E-state index is 0.164. The van der Waals surface area contributed by atoms with Gasteiger partial charge in [0.15, 0.2) is 0 Å². The number of rotatable bonds is 2. The third-order valence-electron chi connectivity index (χ3n) is 0.385. The zero-order valence-electron chi connectivity index (χ0n) is 3.32. The Morgan fingerprint density at radius 1 is 1.67 bits per heavy atom. The van der Waals surface area contributed by atoms with Crippen molar-refractivity contribution >= 4 is 31.9 Å². The van der Waals surface area contributed by atoms with Crippen LogP contribution in [0.3, 0.4) is 0 Å². The lowest BCUT2D eigenvalue weighted by Crippen LogP contribution is -2.10. The highest BCUT2D eigenvalue weighted by Gasteiger charge is 1.88. The van der Waals surface area contributed by atoms with Gasteiger partial charge in [-0.05, 0) is 6.42 Å². The van der Waals surface area contributed by atoms with E-state index in [1.54, 1.807) is 0 Å². The molecule has 3 heteroatoms. The van der Waals surface area contributed by atoms with Crippen molar-refractivity contribution in [3.63, 3.8) is 0 Å². The van der Waals surface area contributed by atoms with Crippen LogP contribution in [-0.2, 0) is 0 Å². The van der Waals surface area contributed by atoms with Gasteiger partial charge in [-0.3, -0.25) is 0 Å². The maximum atomic E-state index is 5.29. The van der Waals surface area contributed by atoms with Crippen molar-refractivity contribution in [3.8, 4) is 0 Å². The molecular formula is C3H7Br2N. The van der Waals surface area contributed by atoms with Crippen molar-refractivity contribution in [2.45, 2.75) is 11.4 Å². The third-order valence-corrected chi connectivity index (χ3v) is 1.30. The van der Waals surface area contributed by atoms with Gasteiger partial charge in [-0.2, -0.15) is 0 Å². The van der Waals surface area contributed by atoms with E-state index >= 15 is 0 Å². The van der Waals surface area contributed by atoms with Crippen LogP contribution in [0.1, 0.15) is 6.42 Å². The van der Waals surface area contributed by atoms with Gasteiger partial charge < -0.3 is 5.73 Å². The van der Waals surface area contributed by atoms with Crippen LogP contribution in [0.5, 0.6) is 0 Å². The lowest BCUT2D eigenvalue weighted by molar-refractivity contribution is 0.899. The van der Waals surface area contributed by atoms with Crippen LogP contribution in [0.15, 0.2) is 0 Å². The van der Waals surface area contributed by atoms with Gasteiger partial charge in [-0.25, -0.2) is 0 Å². The second-order valence-corrected chi connectivity index (χ2v) is 2.96. The van der Waals surface area contributed by atoms with Crippen molar-refractivity contribution in [3.05, 3.63) is 0 Å². The number of alkyl halides is 2. The molecular weight excluding hydrogens is 210 g/mol. The first-order chi connectivity index (χ1) is 2.77. The molecule has 0 bridgehead atoms. The van der Waals surface area contributed by atoms with Gasteiger partial charge in [0.1, 0.15) is 0 Å². The molecule has 0 spiro atoms. The molecule has 0 heterocycles. The van der Waals surface area contributed by atoms with Gasteiger partial charge in [-0.15, -0.1) is 0 Å². The van der Waals surface area contributed by atoms with Gasteiger partial charge >= 0.3 is 0 Å². The number of hydrogen-bond donors (Lipinski definition) is 1. The van der Waals surface area contributed by atoms with E-state index in [1.807, 2.05) is 0 Å². The number of nitrogens with two attached hydrogens (primary N) is 1. The Bertz CT molecular complexity index is 30.0. The SMILES string of the molecule is NC(Br)CCBr. The monoisotopic (exact) mass is 215 g/mol. The van der Waals surface area contributed by atoms with Crippen molar-refractivity contribution in [2.75, 3.05) is 5.33 Å². The molecule has 1 nitrogen and oxygen atoms in total. The predicted molar refractivity (Wildman–Crippen MR) is 35.3 cm³/mol. The summed E-state index contributed by atoms with van der Waals surface area (Å²) in [6.07, 6.45) is 0.986. The second kappa shape index (κ2) is 4.09. The molecule has 38 valence electrons. The molecule has 0 saturated heterocycles. The first kappa shape index (κ1) is 6.92. The van der Waals surface area contributed by atoms with Crippen LogP contribution in [0.4, 0.5) is 0 Å². The van der Waals surface area contributed by atoms with E-state index in [0.29, 0.717) is 0 Å². The third kappa shape index (κ3) is 4.92. The summed E-state index contributed by atoms with van der Waals surface area (Å²) in [6.45, 7) is 0. The molecule has 0 fully saturated rings. The minimum absolute atomic E-state index is 0.164. The lowest BCUT2D eigenvalue weighted by Gasteiger charge is -1.93. The Hall–Kier alpha value is 0.920. The zero-order valence-corrected chi connectivity index (χ0v) is 6.50. The van der Waals surface area contributed by atoms with Gasteiger partial charge in [0.2, 0.25) is 0 Å². The standard InChI is InChI=1S/C3H7Br2N/c4-2-1-3(5)6/h3H,1-2,6H2. The number of halogens is 2. The van der Waals surface area contributed by atoms with Crippen molar-refractivity contribution in [1.29, 1.82) is 0 Å². The van der Waals surface area contributed by atoms with Gasteiger partial charge in [-0.1, -0.05) is 31.9 Å². The summed E-state index contributed by atoms with van der Waals surface area (Å²) < 4.78 is 0. The zero-order chi connectivity index (χ0) is 4.99. The molecule has 1 atom stereocenters. The second-order valence-electron chi connectivity index (χ2n) is 0.994. The Labute approximate surface area is 54.5 Å². The summed E-state index contributed by atoms with van der Waals surface area (Å²) in [4.78, 5) is 0.164. The molecule has 0 radical (unpaired) electrons. The van der Waals surface area contributed by atoms with E-state index in [4.69, 9.17) is 5.73 Å². The van der Waals surface area contributed by atoms with Gasteiger partial charge in [0.05, 0.1) is 4.95 Å². The molecule has 2 N–H and O–H groups in total. The van der Waals surface area contributed by atoms with E-state index in [0.717, 1.165) is 11.8 Å². The van der Waals surface area contributed by atoms with E-state index in [2.05, 4.69) is 31.9 Å². The quantitative estimate of drug-likeness (QED) is 0.549. The molecule has 0 aromatic carbocycles. The van der Waals surface area contributed by atoms with Crippen LogP contribution in [0, 0.1) is 0 Å². The highest BCUT2D eigenvalue weighted by Crippen LogP contribution is 1.97. The fourth-order valence-corrected chi connectivity index (χ4v) is 1.44. The first-order valence-electron chi connectivity index (χ1n) is 1.73. The number of hydrogen-bond acceptors (Lipinski definition) is 1. The molecule has 0 rings (SSSR count). The summed E-state index contributed by atoms with van der Waals surface area (Å²) in [5.41, 5.74) is 5.29. The van der Waals surface area contributed by atoms with Crippen LogP contribution in [0.25, 0.3) is 0 Å². The van der Waals surface area contributed by atoms with Gasteiger partial charge in [0.25, 0.3) is 0 Å². The summed E-state index contributed by atoms with van der Waals surface area (Å²) in [6, 6.07) is 0. The maximum Gasteiger partial charge on any atom is 0.0613 e. The maximum absolute atomic E-state index is 5.29. The average molecular weight is 217 g/mol. The van der Waals surface area contributed by atoms with Crippen LogP contribution in [0.2, 0.25) is 0 Å². The smallest absolute Gasteiger partial charge is 0.0613 e. The average Bonchev–Trinajstić information content (AvgIpc) is 1.35. The fraction of sp³-hybridized carbons (Fsp3) is 1.00. The van der Waals surface area contributed by atoms with E-state index < -0.39 is 0 Å². The molecule has 1 unspecified atom stereocenters. The molecule has 0 amide bonds. The van der Waals surface area contributed by atoms with Crippen molar-refractivity contribution < 1.29 is 0 Å². The predicted octanol–water partition coefficient (Wildman–Crippen LogP) is 1.45. The molecule has 6 heavy (non-hydrogen) atoms. The lowest BCUT2D eigenvalue weighted by atomic mass is 10.5. The summed E-state index contributed by atoms with van der Waals surface area (Å²) >= 11 is 6.42. The van der Waals surface area contributed by atoms with Crippen molar-refractivity contribution in [1.82, 2.24) is 0 Å². The van der Waals surface area contributed by atoms with E-state index in [9.17, 15) is 0 Å². The van der Waals surface area contributed by atoms with E-state index in [-0.39, 0.29) is 4.95 Å². The van der Waals surface area contributed by atoms with Crippen LogP contribution < -0.4 is 5.73 Å². The molecule has 0 aromatic rings. The van der Waals surface area contributed by atoms with Gasteiger partial charge in [0, 0.05) is 5.33 Å². The largest absolute Gasteiger partial charge is 0.319 e. The highest BCUT2D eigenvalue weighted by atomic mass is 79.9. The van der Waals surface area contributed by atoms with E-state index in [1.165, 1.54) is 0 Å². The Morgan fingerprint density at radius 2 is 2.17 bits per heavy atom. The van der Waals surface area contributed by atoms with Crippen molar-refractivity contribution in [2.24, 2.45) is 5.73 Å². The molecule has 0 aliphatic carbocycles. The summed E-state index contributed by atoms with van der Waals surface area (Å²) in [5, 5.41) is 0.972. The molecule has 0 saturated carbocycles. The Kier molecular flexibility index (Phi) is 4.72. The summed E-state index contributed by atoms with van der Waals surface area (Å²) in [5.74, 6) is 0. The fourth-order valence-electron chi connectivity index (χ4n) is 0.104. The molecule has 0 aliphatic rings. The Balaban J connectivity index is 2.63. The van der Waals surface area contributed by atoms with Crippen LogP contribution in [-0.4, -0.2) is 10.3 Å². The first-order valence-corrected chi connectivity index (χ1v) is 3.76.